The number of esters is 1. The number of hydrogen-bond donors (Lipinski definition) is 0. The van der Waals surface area contributed by atoms with Crippen molar-refractivity contribution in [3.05, 3.63) is 64.6 Å². The van der Waals surface area contributed by atoms with Crippen molar-refractivity contribution in [1.29, 1.82) is 0 Å². The van der Waals surface area contributed by atoms with E-state index in [1.807, 2.05) is 25.1 Å². The number of pyridine rings is 1. The van der Waals surface area contributed by atoms with Gasteiger partial charge in [-0.2, -0.15) is 0 Å². The quantitative estimate of drug-likeness (QED) is 0.482. The number of hydrogen-bond acceptors (Lipinski definition) is 5. The van der Waals surface area contributed by atoms with Gasteiger partial charge in [-0.1, -0.05) is 18.2 Å². The average molecular weight is 315 g/mol. The second-order valence-electron chi connectivity index (χ2n) is 4.69. The van der Waals surface area contributed by atoms with Crippen LogP contribution in [0.1, 0.15) is 5.56 Å². The fourth-order valence-corrected chi connectivity index (χ4v) is 2.00. The van der Waals surface area contributed by atoms with Crippen LogP contribution in [0.15, 0.2) is 53.5 Å². The molecule has 0 unspecified atom stereocenters. The van der Waals surface area contributed by atoms with Crippen LogP contribution in [0, 0.1) is 6.92 Å². The van der Waals surface area contributed by atoms with Crippen LogP contribution >= 0.6 is 0 Å². The first-order valence-corrected chi connectivity index (χ1v) is 6.85. The van der Waals surface area contributed by atoms with Crippen molar-refractivity contribution in [2.24, 2.45) is 0 Å². The molecule has 0 spiro atoms. The van der Waals surface area contributed by atoms with Gasteiger partial charge in [-0.05, 0) is 30.7 Å². The highest BCUT2D eigenvalue weighted by Gasteiger charge is 2.18. The Bertz CT molecular complexity index is 792. The molecule has 120 valence electrons. The van der Waals surface area contributed by atoms with Crippen molar-refractivity contribution < 1.29 is 19.0 Å². The largest absolute Gasteiger partial charge is 0.502 e. The molecule has 0 aliphatic rings. The molecular formula is C17H17NO5. The Morgan fingerprint density at radius 2 is 1.87 bits per heavy atom. The molecule has 0 saturated heterocycles. The summed E-state index contributed by atoms with van der Waals surface area (Å²) in [5.41, 5.74) is 0.486. The fourth-order valence-electron chi connectivity index (χ4n) is 2.00. The number of carbonyl (C=O) groups excluding carboxylic acids is 1. The Kier molecular flexibility index (Phi) is 5.19. The van der Waals surface area contributed by atoms with Crippen molar-refractivity contribution in [2.45, 2.75) is 6.92 Å². The van der Waals surface area contributed by atoms with Gasteiger partial charge < -0.3 is 14.2 Å². The number of aromatic nitrogens is 1. The zero-order valence-electron chi connectivity index (χ0n) is 13.1. The third-order valence-corrected chi connectivity index (χ3v) is 3.00. The van der Waals surface area contributed by atoms with E-state index in [1.165, 1.54) is 20.3 Å². The SMILES string of the molecule is COC=C(C(=O)OC)n1c(Oc2cccc(C)c2)cccc1=O. The summed E-state index contributed by atoms with van der Waals surface area (Å²) in [5.74, 6) is 0.0111. The maximum absolute atomic E-state index is 12.2. The van der Waals surface area contributed by atoms with Gasteiger partial charge in [0.05, 0.1) is 14.2 Å². The molecule has 1 aromatic heterocycles. The lowest BCUT2D eigenvalue weighted by molar-refractivity contribution is -0.134. The Balaban J connectivity index is 2.53. The number of nitrogens with zero attached hydrogens (tertiary/aromatic N) is 1. The lowest BCUT2D eigenvalue weighted by Gasteiger charge is -2.14. The van der Waals surface area contributed by atoms with E-state index >= 15 is 0 Å². The summed E-state index contributed by atoms with van der Waals surface area (Å²) in [6.45, 7) is 1.93. The van der Waals surface area contributed by atoms with Gasteiger partial charge in [-0.3, -0.25) is 4.79 Å². The summed E-state index contributed by atoms with van der Waals surface area (Å²) >= 11 is 0. The normalized spacial score (nSPS) is 11.0. The predicted octanol–water partition coefficient (Wildman–Crippen LogP) is 2.57. The van der Waals surface area contributed by atoms with Crippen LogP contribution in [0.2, 0.25) is 0 Å². The minimum absolute atomic E-state index is 0.0803. The standard InChI is InChI=1S/C17H17NO5/c1-12-6-4-7-13(10-12)23-16-9-5-8-15(19)18(16)14(11-21-2)17(20)22-3/h4-11H,1-3H3. The number of benzene rings is 1. The maximum atomic E-state index is 12.2. The molecule has 0 aliphatic carbocycles. The molecule has 1 aromatic carbocycles. The maximum Gasteiger partial charge on any atom is 0.358 e. The van der Waals surface area contributed by atoms with Gasteiger partial charge >= 0.3 is 5.97 Å². The molecule has 0 atom stereocenters. The molecular weight excluding hydrogens is 298 g/mol. The molecule has 23 heavy (non-hydrogen) atoms. The van der Waals surface area contributed by atoms with Crippen LogP contribution < -0.4 is 10.3 Å². The van der Waals surface area contributed by atoms with Crippen LogP contribution in [0.3, 0.4) is 0 Å². The topological polar surface area (TPSA) is 66.8 Å². The van der Waals surface area contributed by atoms with Crippen molar-refractivity contribution in [1.82, 2.24) is 4.57 Å². The van der Waals surface area contributed by atoms with E-state index in [-0.39, 0.29) is 11.6 Å². The van der Waals surface area contributed by atoms with E-state index in [1.54, 1.807) is 18.2 Å². The number of ether oxygens (including phenoxy) is 3. The van der Waals surface area contributed by atoms with Crippen molar-refractivity contribution in [3.8, 4) is 11.6 Å². The van der Waals surface area contributed by atoms with Crippen LogP contribution in [0.25, 0.3) is 5.70 Å². The molecule has 2 aromatic rings. The highest BCUT2D eigenvalue weighted by atomic mass is 16.5. The van der Waals surface area contributed by atoms with E-state index < -0.39 is 11.5 Å². The molecule has 0 saturated carbocycles. The molecule has 1 heterocycles. The van der Waals surface area contributed by atoms with E-state index in [9.17, 15) is 9.59 Å². The summed E-state index contributed by atoms with van der Waals surface area (Å²) < 4.78 is 16.4. The Hall–Kier alpha value is -3.02. The van der Waals surface area contributed by atoms with Crippen LogP contribution in [0.4, 0.5) is 0 Å². The van der Waals surface area contributed by atoms with Gasteiger partial charge in [0.15, 0.2) is 5.70 Å². The van der Waals surface area contributed by atoms with E-state index in [0.29, 0.717) is 5.75 Å². The molecule has 2 rings (SSSR count). The van der Waals surface area contributed by atoms with Gasteiger partial charge in [0.2, 0.25) is 5.88 Å². The highest BCUT2D eigenvalue weighted by molar-refractivity contribution is 6.09. The highest BCUT2D eigenvalue weighted by Crippen LogP contribution is 2.23. The Morgan fingerprint density at radius 3 is 2.52 bits per heavy atom. The first kappa shape index (κ1) is 16.4. The van der Waals surface area contributed by atoms with Crippen LogP contribution in [0.5, 0.6) is 11.6 Å². The molecule has 0 bridgehead atoms. The molecule has 0 N–H and O–H groups in total. The number of rotatable bonds is 5. The predicted molar refractivity (Wildman–Crippen MR) is 85.3 cm³/mol. The second kappa shape index (κ2) is 7.31. The third-order valence-electron chi connectivity index (χ3n) is 3.00. The minimum Gasteiger partial charge on any atom is -0.502 e. The van der Waals surface area contributed by atoms with Crippen LogP contribution in [-0.2, 0) is 14.3 Å². The van der Waals surface area contributed by atoms with Crippen molar-refractivity contribution in [3.63, 3.8) is 0 Å². The molecule has 0 fully saturated rings. The Morgan fingerprint density at radius 1 is 1.13 bits per heavy atom. The van der Waals surface area contributed by atoms with E-state index in [2.05, 4.69) is 0 Å². The zero-order chi connectivity index (χ0) is 16.8. The van der Waals surface area contributed by atoms with Gasteiger partial charge in [0, 0.05) is 6.07 Å². The number of carbonyl (C=O) groups is 1. The summed E-state index contributed by atoms with van der Waals surface area (Å²) in [4.78, 5) is 24.1. The smallest absolute Gasteiger partial charge is 0.358 e. The monoisotopic (exact) mass is 315 g/mol. The minimum atomic E-state index is -0.714. The van der Waals surface area contributed by atoms with Gasteiger partial charge in [-0.25, -0.2) is 9.36 Å². The Labute approximate surface area is 133 Å². The summed E-state index contributed by atoms with van der Waals surface area (Å²) in [6.07, 6.45) is 1.14. The third kappa shape index (κ3) is 3.79. The molecule has 0 aliphatic heterocycles. The number of methoxy groups -OCH3 is 2. The first-order chi connectivity index (χ1) is 11.1. The van der Waals surface area contributed by atoms with E-state index in [0.717, 1.165) is 16.4 Å². The van der Waals surface area contributed by atoms with Gasteiger partial charge in [0.1, 0.15) is 12.0 Å². The lowest BCUT2D eigenvalue weighted by atomic mass is 10.2. The lowest BCUT2D eigenvalue weighted by Crippen LogP contribution is -2.24. The van der Waals surface area contributed by atoms with Gasteiger partial charge in [0.25, 0.3) is 5.56 Å². The first-order valence-electron chi connectivity index (χ1n) is 6.85. The second-order valence-corrected chi connectivity index (χ2v) is 4.69. The van der Waals surface area contributed by atoms with E-state index in [4.69, 9.17) is 14.2 Å². The van der Waals surface area contributed by atoms with Crippen molar-refractivity contribution >= 4 is 11.7 Å². The van der Waals surface area contributed by atoms with Gasteiger partial charge in [-0.15, -0.1) is 0 Å². The van der Waals surface area contributed by atoms with Crippen molar-refractivity contribution in [2.75, 3.05) is 14.2 Å². The molecule has 6 nitrogen and oxygen atoms in total. The molecule has 0 amide bonds. The summed E-state index contributed by atoms with van der Waals surface area (Å²) in [6, 6.07) is 11.8. The molecule has 6 heteroatoms. The number of aryl methyl sites for hydroxylation is 1. The summed E-state index contributed by atoms with van der Waals surface area (Å²) in [7, 11) is 2.60. The summed E-state index contributed by atoms with van der Waals surface area (Å²) in [5, 5.41) is 0. The van der Waals surface area contributed by atoms with Crippen LogP contribution in [-0.4, -0.2) is 24.8 Å². The fraction of sp³-hybridized carbons (Fsp3) is 0.176. The molecule has 0 radical (unpaired) electrons. The zero-order valence-corrected chi connectivity index (χ0v) is 13.1. The average Bonchev–Trinajstić information content (AvgIpc) is 2.53.